The molecule has 31 heavy (non-hydrogen) atoms. The first-order valence-corrected chi connectivity index (χ1v) is 11.7. The van der Waals surface area contributed by atoms with E-state index in [0.29, 0.717) is 5.69 Å². The number of nitrogens with one attached hydrogen (secondary N) is 1. The van der Waals surface area contributed by atoms with E-state index < -0.39 is 18.8 Å². The van der Waals surface area contributed by atoms with Crippen LogP contribution in [0.25, 0.3) is 16.9 Å². The van der Waals surface area contributed by atoms with Crippen molar-refractivity contribution in [2.24, 2.45) is 0 Å². The van der Waals surface area contributed by atoms with E-state index in [1.54, 1.807) is 72.8 Å². The van der Waals surface area contributed by atoms with Gasteiger partial charge in [-0.2, -0.15) is 0 Å². The molecule has 0 saturated heterocycles. The van der Waals surface area contributed by atoms with E-state index in [0.717, 1.165) is 4.47 Å². The minimum absolute atomic E-state index is 0.120. The first kappa shape index (κ1) is 21.3. The fourth-order valence-corrected chi connectivity index (χ4v) is 4.93. The maximum absolute atomic E-state index is 13.5. The zero-order valence-corrected chi connectivity index (χ0v) is 18.5. The number of benzene rings is 3. The lowest BCUT2D eigenvalue weighted by Crippen LogP contribution is -2.20. The van der Waals surface area contributed by atoms with E-state index >= 15 is 0 Å². The van der Waals surface area contributed by atoms with E-state index in [-0.39, 0.29) is 28.1 Å². The Morgan fingerprint density at radius 1 is 0.903 bits per heavy atom. The largest absolute Gasteiger partial charge is 0.507 e. The van der Waals surface area contributed by atoms with Crippen molar-refractivity contribution >= 4 is 23.5 Å². The Labute approximate surface area is 185 Å². The molecule has 1 unspecified atom stereocenters. The second-order valence-corrected chi connectivity index (χ2v) is 9.55. The van der Waals surface area contributed by atoms with Crippen LogP contribution in [0.5, 0.6) is 5.75 Å². The summed E-state index contributed by atoms with van der Waals surface area (Å²) in [6.07, 6.45) is 0. The van der Waals surface area contributed by atoms with Crippen molar-refractivity contribution in [3.8, 4) is 22.7 Å². The second-order valence-electron chi connectivity index (χ2n) is 6.94. The Bertz CT molecular complexity index is 1330. The number of phenols is 1. The lowest BCUT2D eigenvalue weighted by atomic mass is 10.0. The number of aromatic amines is 1. The van der Waals surface area contributed by atoms with Crippen LogP contribution in [0.1, 0.15) is 16.8 Å². The number of halogens is 1. The van der Waals surface area contributed by atoms with Crippen LogP contribution < -0.4 is 5.56 Å². The Morgan fingerprint density at radius 2 is 1.52 bits per heavy atom. The Morgan fingerprint density at radius 3 is 2.13 bits per heavy atom. The molecule has 9 heteroatoms. The molecule has 0 saturated carbocycles. The molecule has 0 aliphatic carbocycles. The van der Waals surface area contributed by atoms with Crippen LogP contribution in [0.15, 0.2) is 88.1 Å². The molecular formula is C22H18BrN2O5P. The molecule has 0 fully saturated rings. The van der Waals surface area contributed by atoms with Gasteiger partial charge in [0.05, 0.1) is 16.9 Å². The van der Waals surface area contributed by atoms with E-state index in [1.807, 2.05) is 0 Å². The Balaban J connectivity index is 2.06. The summed E-state index contributed by atoms with van der Waals surface area (Å²) in [5, 5.41) is 13.4. The third-order valence-electron chi connectivity index (χ3n) is 4.91. The van der Waals surface area contributed by atoms with Gasteiger partial charge in [0.15, 0.2) is 0 Å². The summed E-state index contributed by atoms with van der Waals surface area (Å²) in [5.41, 5.74) is -1.08. The van der Waals surface area contributed by atoms with E-state index in [2.05, 4.69) is 21.0 Å². The molecule has 1 heterocycles. The maximum Gasteiger partial charge on any atom is 0.337 e. The normalized spacial score (nSPS) is 12.6. The molecular weight excluding hydrogens is 483 g/mol. The summed E-state index contributed by atoms with van der Waals surface area (Å²) in [7, 11) is -4.83. The molecule has 0 bridgehead atoms. The maximum atomic E-state index is 13.5. The van der Waals surface area contributed by atoms with Gasteiger partial charge in [-0.05, 0) is 42.0 Å². The van der Waals surface area contributed by atoms with Crippen molar-refractivity contribution in [2.75, 3.05) is 0 Å². The third kappa shape index (κ3) is 4.16. The van der Waals surface area contributed by atoms with Crippen molar-refractivity contribution in [1.29, 1.82) is 0 Å². The van der Waals surface area contributed by atoms with Gasteiger partial charge >= 0.3 is 7.60 Å². The molecule has 7 nitrogen and oxygen atoms in total. The monoisotopic (exact) mass is 500 g/mol. The zero-order valence-electron chi connectivity index (χ0n) is 16.0. The Kier molecular flexibility index (Phi) is 5.73. The van der Waals surface area contributed by atoms with Crippen LogP contribution >= 0.6 is 23.5 Å². The van der Waals surface area contributed by atoms with Crippen molar-refractivity contribution in [2.45, 2.75) is 5.66 Å². The predicted molar refractivity (Wildman–Crippen MR) is 122 cm³/mol. The van der Waals surface area contributed by atoms with Crippen molar-refractivity contribution in [3.63, 3.8) is 0 Å². The highest BCUT2D eigenvalue weighted by Crippen LogP contribution is 2.56. The first-order valence-electron chi connectivity index (χ1n) is 9.27. The van der Waals surface area contributed by atoms with E-state index in [9.17, 15) is 24.3 Å². The average Bonchev–Trinajstić information content (AvgIpc) is 3.06. The molecule has 0 spiro atoms. The number of para-hydroxylation sites is 2. The minimum Gasteiger partial charge on any atom is -0.507 e. The fourth-order valence-electron chi connectivity index (χ4n) is 3.53. The third-order valence-corrected chi connectivity index (χ3v) is 6.67. The van der Waals surface area contributed by atoms with Gasteiger partial charge in [0.2, 0.25) is 0 Å². The molecule has 0 amide bonds. The molecule has 4 aromatic rings. The summed E-state index contributed by atoms with van der Waals surface area (Å²) >= 11 is 3.31. The van der Waals surface area contributed by atoms with Crippen LogP contribution in [0, 0.1) is 0 Å². The van der Waals surface area contributed by atoms with Gasteiger partial charge in [-0.3, -0.25) is 14.5 Å². The summed E-state index contributed by atoms with van der Waals surface area (Å²) in [5.74, 6) is -0.120. The summed E-state index contributed by atoms with van der Waals surface area (Å²) in [4.78, 5) is 34.0. The number of nitrogens with zero attached hydrogens (tertiary/aromatic N) is 1. The molecule has 4 rings (SSSR count). The standard InChI is InChI=1S/C22H18BrN2O5P/c23-15-12-10-14(11-13-15)21(31(28,29)30)19-20(17-8-4-5-9-18(17)26)24-25(22(19)27)16-6-2-1-3-7-16/h1-13,21,24,26H,(H2,28,29,30). The SMILES string of the molecule is O=c1c(C(c2ccc(Br)cc2)P(=O)(O)O)c(-c2ccccc2O)[nH]n1-c1ccccc1. The highest BCUT2D eigenvalue weighted by atomic mass is 79.9. The van der Waals surface area contributed by atoms with E-state index in [4.69, 9.17) is 0 Å². The van der Waals surface area contributed by atoms with Gasteiger partial charge in [-0.15, -0.1) is 0 Å². The van der Waals surface area contributed by atoms with Gasteiger partial charge in [0.25, 0.3) is 5.56 Å². The predicted octanol–water partition coefficient (Wildman–Crippen LogP) is 4.57. The zero-order chi connectivity index (χ0) is 22.2. The number of hydrogen-bond donors (Lipinski definition) is 4. The van der Waals surface area contributed by atoms with Crippen molar-refractivity contribution < 1.29 is 19.5 Å². The smallest absolute Gasteiger partial charge is 0.337 e. The number of aromatic hydroxyl groups is 1. The number of H-pyrrole nitrogens is 1. The number of aromatic nitrogens is 2. The van der Waals surface area contributed by atoms with Gasteiger partial charge < -0.3 is 14.9 Å². The Hall–Kier alpha value is -2.90. The fraction of sp³-hybridized carbons (Fsp3) is 0.0455. The van der Waals surface area contributed by atoms with E-state index in [1.165, 1.54) is 10.7 Å². The second kappa shape index (κ2) is 8.32. The van der Waals surface area contributed by atoms with Crippen LogP contribution in [-0.2, 0) is 4.57 Å². The van der Waals surface area contributed by atoms with Gasteiger partial charge in [0.1, 0.15) is 11.4 Å². The van der Waals surface area contributed by atoms with Crippen molar-refractivity contribution in [1.82, 2.24) is 9.78 Å². The summed E-state index contributed by atoms with van der Waals surface area (Å²) in [6.45, 7) is 0. The first-order chi connectivity index (χ1) is 14.8. The minimum atomic E-state index is -4.83. The van der Waals surface area contributed by atoms with Crippen molar-refractivity contribution in [3.05, 3.63) is 105 Å². The van der Waals surface area contributed by atoms with Gasteiger partial charge in [-0.1, -0.05) is 58.4 Å². The lowest BCUT2D eigenvalue weighted by Gasteiger charge is -2.19. The van der Waals surface area contributed by atoms with Crippen LogP contribution in [0.2, 0.25) is 0 Å². The molecule has 1 atom stereocenters. The molecule has 158 valence electrons. The van der Waals surface area contributed by atoms with Crippen LogP contribution in [-0.4, -0.2) is 24.7 Å². The molecule has 1 aromatic heterocycles. The molecule has 0 aliphatic heterocycles. The number of hydrogen-bond acceptors (Lipinski definition) is 3. The molecule has 0 radical (unpaired) electrons. The van der Waals surface area contributed by atoms with Gasteiger partial charge in [0, 0.05) is 10.0 Å². The van der Waals surface area contributed by atoms with Crippen LogP contribution in [0.4, 0.5) is 0 Å². The molecule has 3 aromatic carbocycles. The molecule has 4 N–H and O–H groups in total. The highest BCUT2D eigenvalue weighted by Gasteiger charge is 2.38. The summed E-state index contributed by atoms with van der Waals surface area (Å²) in [6, 6.07) is 21.4. The number of phenolic OH excluding ortho intramolecular Hbond substituents is 1. The summed E-state index contributed by atoms with van der Waals surface area (Å²) < 4.78 is 14.6. The van der Waals surface area contributed by atoms with Gasteiger partial charge in [-0.25, -0.2) is 4.68 Å². The average molecular weight is 501 g/mol. The van der Waals surface area contributed by atoms with Crippen LogP contribution in [0.3, 0.4) is 0 Å². The quantitative estimate of drug-likeness (QED) is 0.299. The number of rotatable bonds is 5. The highest BCUT2D eigenvalue weighted by molar-refractivity contribution is 9.10. The topological polar surface area (TPSA) is 116 Å². The lowest BCUT2D eigenvalue weighted by molar-refractivity contribution is 0.364. The molecule has 0 aliphatic rings.